The second-order valence-electron chi connectivity index (χ2n) is 5.52. The molecular formula is C14H15NO2. The van der Waals surface area contributed by atoms with Crippen molar-refractivity contribution in [1.29, 1.82) is 0 Å². The highest BCUT2D eigenvalue weighted by molar-refractivity contribution is 6.10. The first-order valence-electron chi connectivity index (χ1n) is 5.92. The predicted molar refractivity (Wildman–Crippen MR) is 62.8 cm³/mol. The van der Waals surface area contributed by atoms with Crippen LogP contribution in [0.4, 0.5) is 0 Å². The lowest BCUT2D eigenvalue weighted by molar-refractivity contribution is -0.143. The first-order valence-corrected chi connectivity index (χ1v) is 5.92. The number of benzene rings is 1. The summed E-state index contributed by atoms with van der Waals surface area (Å²) in [5, 5.41) is 0. The van der Waals surface area contributed by atoms with E-state index in [2.05, 4.69) is 0 Å². The Morgan fingerprint density at radius 2 is 1.59 bits per heavy atom. The average molecular weight is 229 g/mol. The molecule has 2 amide bonds. The zero-order valence-electron chi connectivity index (χ0n) is 10.0. The molecule has 2 atom stereocenters. The fraction of sp³-hybridized carbons (Fsp3) is 0.429. The first kappa shape index (κ1) is 10.5. The second-order valence-corrected chi connectivity index (χ2v) is 5.52. The summed E-state index contributed by atoms with van der Waals surface area (Å²) in [5.74, 6) is -0.125. The standard InChI is InChI=1S/C14H15NO2/c1-14(2)10-11(14)13(17)15(12(10)16)8-9-6-4-3-5-7-9/h3-7,10-11H,8H2,1-2H3/t10-,11+. The first-order chi connectivity index (χ1) is 8.03. The summed E-state index contributed by atoms with van der Waals surface area (Å²) in [6.07, 6.45) is 0. The van der Waals surface area contributed by atoms with E-state index in [4.69, 9.17) is 0 Å². The van der Waals surface area contributed by atoms with Crippen LogP contribution in [0.1, 0.15) is 19.4 Å². The minimum atomic E-state index is -0.110. The number of likely N-dealkylation sites (tertiary alicyclic amines) is 1. The van der Waals surface area contributed by atoms with Crippen molar-refractivity contribution < 1.29 is 9.59 Å². The topological polar surface area (TPSA) is 37.4 Å². The van der Waals surface area contributed by atoms with E-state index in [0.717, 1.165) is 5.56 Å². The Morgan fingerprint density at radius 3 is 2.12 bits per heavy atom. The monoisotopic (exact) mass is 229 g/mol. The van der Waals surface area contributed by atoms with E-state index in [1.165, 1.54) is 4.90 Å². The molecule has 1 saturated carbocycles. The van der Waals surface area contributed by atoms with Crippen LogP contribution in [0.25, 0.3) is 0 Å². The number of rotatable bonds is 2. The van der Waals surface area contributed by atoms with Crippen molar-refractivity contribution in [3.8, 4) is 0 Å². The summed E-state index contributed by atoms with van der Waals surface area (Å²) in [4.78, 5) is 25.6. The fourth-order valence-electron chi connectivity index (χ4n) is 2.93. The van der Waals surface area contributed by atoms with E-state index in [-0.39, 0.29) is 29.1 Å². The van der Waals surface area contributed by atoms with Gasteiger partial charge in [0.15, 0.2) is 0 Å². The number of imide groups is 1. The normalized spacial score (nSPS) is 29.4. The van der Waals surface area contributed by atoms with E-state index >= 15 is 0 Å². The Bertz CT molecular complexity index is 468. The molecule has 3 nitrogen and oxygen atoms in total. The molecule has 17 heavy (non-hydrogen) atoms. The molecule has 3 heteroatoms. The van der Waals surface area contributed by atoms with Gasteiger partial charge in [-0.25, -0.2) is 0 Å². The lowest BCUT2D eigenvalue weighted by Gasteiger charge is -2.20. The summed E-state index contributed by atoms with van der Waals surface area (Å²) in [6, 6.07) is 9.65. The summed E-state index contributed by atoms with van der Waals surface area (Å²) < 4.78 is 0. The molecule has 1 heterocycles. The van der Waals surface area contributed by atoms with Crippen LogP contribution in [0.15, 0.2) is 30.3 Å². The van der Waals surface area contributed by atoms with Gasteiger partial charge in [-0.15, -0.1) is 0 Å². The molecule has 88 valence electrons. The molecule has 0 unspecified atom stereocenters. The van der Waals surface area contributed by atoms with E-state index in [0.29, 0.717) is 6.54 Å². The average Bonchev–Trinajstić information content (AvgIpc) is 2.78. The Balaban J connectivity index is 1.80. The number of hydrogen-bond donors (Lipinski definition) is 0. The van der Waals surface area contributed by atoms with E-state index in [1.54, 1.807) is 0 Å². The molecule has 1 aromatic carbocycles. The maximum Gasteiger partial charge on any atom is 0.233 e. The van der Waals surface area contributed by atoms with E-state index in [1.807, 2.05) is 44.2 Å². The number of piperidine rings is 1. The summed E-state index contributed by atoms with van der Waals surface area (Å²) >= 11 is 0. The molecule has 0 spiro atoms. The maximum absolute atomic E-state index is 12.1. The van der Waals surface area contributed by atoms with Gasteiger partial charge >= 0.3 is 0 Å². The highest BCUT2D eigenvalue weighted by Gasteiger charge is 2.72. The van der Waals surface area contributed by atoms with Crippen LogP contribution in [0.5, 0.6) is 0 Å². The number of hydrogen-bond acceptors (Lipinski definition) is 2. The van der Waals surface area contributed by atoms with Gasteiger partial charge in [0, 0.05) is 0 Å². The zero-order chi connectivity index (χ0) is 12.2. The zero-order valence-corrected chi connectivity index (χ0v) is 10.0. The van der Waals surface area contributed by atoms with Gasteiger partial charge in [0.25, 0.3) is 0 Å². The third-order valence-corrected chi connectivity index (χ3v) is 4.08. The molecule has 1 aromatic rings. The van der Waals surface area contributed by atoms with Crippen LogP contribution in [0, 0.1) is 17.3 Å². The van der Waals surface area contributed by atoms with Gasteiger partial charge in [0.1, 0.15) is 0 Å². The Morgan fingerprint density at radius 1 is 1.06 bits per heavy atom. The Kier molecular flexibility index (Phi) is 1.97. The molecule has 0 N–H and O–H groups in total. The SMILES string of the molecule is CC1(C)[C@@H]2C(=O)N(Cc3ccccc3)C(=O)[C@@H]21. The van der Waals surface area contributed by atoms with Gasteiger partial charge in [0.2, 0.25) is 11.8 Å². The molecule has 1 saturated heterocycles. The molecule has 0 bridgehead atoms. The van der Waals surface area contributed by atoms with Crippen LogP contribution in [-0.4, -0.2) is 16.7 Å². The molecule has 2 aliphatic rings. The van der Waals surface area contributed by atoms with Crippen LogP contribution in [0.2, 0.25) is 0 Å². The van der Waals surface area contributed by atoms with Gasteiger partial charge in [-0.1, -0.05) is 44.2 Å². The molecular weight excluding hydrogens is 214 g/mol. The lowest BCUT2D eigenvalue weighted by atomic mass is 10.1. The van der Waals surface area contributed by atoms with E-state index in [9.17, 15) is 9.59 Å². The predicted octanol–water partition coefficient (Wildman–Crippen LogP) is 1.83. The van der Waals surface area contributed by atoms with Crippen molar-refractivity contribution >= 4 is 11.8 Å². The summed E-state index contributed by atoms with van der Waals surface area (Å²) in [5.41, 5.74) is 0.898. The number of amides is 2. The van der Waals surface area contributed by atoms with Gasteiger partial charge < -0.3 is 0 Å². The van der Waals surface area contributed by atoms with Gasteiger partial charge in [-0.05, 0) is 11.0 Å². The fourth-order valence-corrected chi connectivity index (χ4v) is 2.93. The van der Waals surface area contributed by atoms with Crippen molar-refractivity contribution in [3.63, 3.8) is 0 Å². The Labute approximate surface area is 100 Å². The summed E-state index contributed by atoms with van der Waals surface area (Å²) in [6.45, 7) is 4.41. The maximum atomic E-state index is 12.1. The molecule has 1 aliphatic carbocycles. The molecule has 3 rings (SSSR count). The van der Waals surface area contributed by atoms with Gasteiger partial charge in [-0.3, -0.25) is 14.5 Å². The molecule has 1 aliphatic heterocycles. The lowest BCUT2D eigenvalue weighted by Crippen LogP contribution is -2.35. The highest BCUT2D eigenvalue weighted by atomic mass is 16.2. The van der Waals surface area contributed by atoms with Crippen LogP contribution in [0.3, 0.4) is 0 Å². The number of carbonyl (C=O) groups is 2. The van der Waals surface area contributed by atoms with Crippen molar-refractivity contribution in [2.45, 2.75) is 20.4 Å². The van der Waals surface area contributed by atoms with Crippen molar-refractivity contribution in [3.05, 3.63) is 35.9 Å². The quantitative estimate of drug-likeness (QED) is 0.725. The Hall–Kier alpha value is -1.64. The van der Waals surface area contributed by atoms with Gasteiger partial charge in [-0.2, -0.15) is 0 Å². The highest BCUT2D eigenvalue weighted by Crippen LogP contribution is 2.63. The minimum Gasteiger partial charge on any atom is -0.278 e. The number of fused-ring (bicyclic) bond motifs is 1. The van der Waals surface area contributed by atoms with E-state index < -0.39 is 0 Å². The third kappa shape index (κ3) is 1.35. The smallest absolute Gasteiger partial charge is 0.233 e. The van der Waals surface area contributed by atoms with Crippen molar-refractivity contribution in [2.24, 2.45) is 17.3 Å². The minimum absolute atomic E-state index is 0.00820. The van der Waals surface area contributed by atoms with Crippen molar-refractivity contribution in [2.75, 3.05) is 0 Å². The van der Waals surface area contributed by atoms with Crippen LogP contribution >= 0.6 is 0 Å². The van der Waals surface area contributed by atoms with Crippen LogP contribution < -0.4 is 0 Å². The number of carbonyl (C=O) groups excluding carboxylic acids is 2. The molecule has 0 radical (unpaired) electrons. The largest absolute Gasteiger partial charge is 0.278 e. The molecule has 0 aromatic heterocycles. The second kappa shape index (κ2) is 3.19. The third-order valence-electron chi connectivity index (χ3n) is 4.08. The number of nitrogens with zero attached hydrogens (tertiary/aromatic N) is 1. The van der Waals surface area contributed by atoms with Crippen molar-refractivity contribution in [1.82, 2.24) is 4.90 Å². The molecule has 2 fully saturated rings. The summed E-state index contributed by atoms with van der Waals surface area (Å²) in [7, 11) is 0. The van der Waals surface area contributed by atoms with Gasteiger partial charge in [0.05, 0.1) is 18.4 Å². The van der Waals surface area contributed by atoms with Crippen LogP contribution in [-0.2, 0) is 16.1 Å².